The van der Waals surface area contributed by atoms with Gasteiger partial charge in [-0.3, -0.25) is 4.79 Å². The van der Waals surface area contributed by atoms with Gasteiger partial charge in [0, 0.05) is 6.07 Å². The molecule has 1 N–H and O–H groups in total. The highest BCUT2D eigenvalue weighted by Gasteiger charge is 2.04. The lowest BCUT2D eigenvalue weighted by molar-refractivity contribution is 0.610. The standard InChI is InChI=1S/C5H2BrClFNO/c6-3-1-2(10)4(8)5(7)9-3/h1H,(H,9,10). The third kappa shape index (κ3) is 1.38. The monoisotopic (exact) mass is 225 g/mol. The van der Waals surface area contributed by atoms with E-state index in [-0.39, 0.29) is 5.15 Å². The van der Waals surface area contributed by atoms with Crippen LogP contribution in [0.25, 0.3) is 0 Å². The molecule has 0 fully saturated rings. The zero-order valence-corrected chi connectivity index (χ0v) is 6.96. The molecule has 0 saturated heterocycles. The molecule has 0 spiro atoms. The van der Waals surface area contributed by atoms with Crippen LogP contribution in [0.3, 0.4) is 0 Å². The fourth-order valence-electron chi connectivity index (χ4n) is 0.482. The van der Waals surface area contributed by atoms with Crippen LogP contribution in [0.5, 0.6) is 0 Å². The quantitative estimate of drug-likeness (QED) is 0.674. The molecule has 54 valence electrons. The number of hydrogen-bond donors (Lipinski definition) is 1. The molecular formula is C5H2BrClFNO. The van der Waals surface area contributed by atoms with Crippen LogP contribution in [0.1, 0.15) is 0 Å². The predicted molar refractivity (Wildman–Crippen MR) is 39.7 cm³/mol. The lowest BCUT2D eigenvalue weighted by atomic mass is 10.5. The summed E-state index contributed by atoms with van der Waals surface area (Å²) >= 11 is 8.20. The van der Waals surface area contributed by atoms with Gasteiger partial charge in [0.05, 0.1) is 4.60 Å². The minimum Gasteiger partial charge on any atom is -0.338 e. The van der Waals surface area contributed by atoms with Gasteiger partial charge in [0.1, 0.15) is 5.15 Å². The predicted octanol–water partition coefficient (Wildman–Crippen LogP) is 1.93. The van der Waals surface area contributed by atoms with Gasteiger partial charge in [-0.25, -0.2) is 0 Å². The number of H-pyrrole nitrogens is 1. The van der Waals surface area contributed by atoms with Crippen LogP contribution in [-0.4, -0.2) is 4.98 Å². The lowest BCUT2D eigenvalue weighted by Crippen LogP contribution is -2.06. The maximum Gasteiger partial charge on any atom is 0.219 e. The average Bonchev–Trinajstić information content (AvgIpc) is 1.82. The van der Waals surface area contributed by atoms with Gasteiger partial charge >= 0.3 is 0 Å². The zero-order valence-electron chi connectivity index (χ0n) is 4.62. The van der Waals surface area contributed by atoms with Gasteiger partial charge in [0.15, 0.2) is 0 Å². The molecule has 0 atom stereocenters. The summed E-state index contributed by atoms with van der Waals surface area (Å²) in [5.41, 5.74) is -0.726. The summed E-state index contributed by atoms with van der Waals surface area (Å²) in [7, 11) is 0. The topological polar surface area (TPSA) is 32.9 Å². The first kappa shape index (κ1) is 7.75. The Morgan fingerprint density at radius 2 is 2.30 bits per heavy atom. The van der Waals surface area contributed by atoms with E-state index in [2.05, 4.69) is 20.9 Å². The first-order valence-electron chi connectivity index (χ1n) is 2.35. The van der Waals surface area contributed by atoms with Crippen molar-refractivity contribution >= 4 is 27.5 Å². The van der Waals surface area contributed by atoms with E-state index in [1.165, 1.54) is 0 Å². The molecule has 0 bridgehead atoms. The molecule has 1 aromatic rings. The molecule has 1 aromatic heterocycles. The maximum absolute atomic E-state index is 12.4. The van der Waals surface area contributed by atoms with Gasteiger partial charge < -0.3 is 4.98 Å². The molecule has 0 aliphatic carbocycles. The summed E-state index contributed by atoms with van der Waals surface area (Å²) in [6, 6.07) is 1.07. The van der Waals surface area contributed by atoms with Crippen LogP contribution in [0.2, 0.25) is 5.15 Å². The Hall–Kier alpha value is -0.350. The Bertz CT molecular complexity index is 311. The molecule has 0 radical (unpaired) electrons. The zero-order chi connectivity index (χ0) is 7.72. The van der Waals surface area contributed by atoms with Gasteiger partial charge in [-0.15, -0.1) is 0 Å². The van der Waals surface area contributed by atoms with Gasteiger partial charge in [-0.1, -0.05) is 11.6 Å². The second-order valence-corrected chi connectivity index (χ2v) is 2.84. The highest BCUT2D eigenvalue weighted by atomic mass is 79.9. The molecule has 0 amide bonds. The molecule has 2 nitrogen and oxygen atoms in total. The third-order valence-electron chi connectivity index (χ3n) is 0.896. The van der Waals surface area contributed by atoms with E-state index >= 15 is 0 Å². The molecule has 0 saturated carbocycles. The number of pyridine rings is 1. The number of halogens is 3. The van der Waals surface area contributed by atoms with E-state index in [1.54, 1.807) is 0 Å². The largest absolute Gasteiger partial charge is 0.338 e. The number of aromatic amines is 1. The van der Waals surface area contributed by atoms with E-state index in [0.717, 1.165) is 6.07 Å². The highest BCUT2D eigenvalue weighted by Crippen LogP contribution is 2.10. The molecule has 0 unspecified atom stereocenters. The van der Waals surface area contributed by atoms with Crippen molar-refractivity contribution in [2.24, 2.45) is 0 Å². The fourth-order valence-corrected chi connectivity index (χ4v) is 1.20. The molecule has 0 aromatic carbocycles. The van der Waals surface area contributed by atoms with Gasteiger partial charge in [-0.05, 0) is 15.9 Å². The second-order valence-electron chi connectivity index (χ2n) is 1.61. The average molecular weight is 226 g/mol. The Labute approximate surface area is 69.1 Å². The van der Waals surface area contributed by atoms with Gasteiger partial charge in [0.2, 0.25) is 11.2 Å². The van der Waals surface area contributed by atoms with E-state index in [0.29, 0.717) is 4.60 Å². The van der Waals surface area contributed by atoms with Crippen molar-refractivity contribution in [1.29, 1.82) is 0 Å². The smallest absolute Gasteiger partial charge is 0.219 e. The van der Waals surface area contributed by atoms with Crippen LogP contribution in [0.4, 0.5) is 4.39 Å². The molecule has 1 rings (SSSR count). The first-order chi connectivity index (χ1) is 4.61. The molecule has 1 heterocycles. The third-order valence-corrected chi connectivity index (χ3v) is 1.58. The molecule has 5 heteroatoms. The Morgan fingerprint density at radius 1 is 1.70 bits per heavy atom. The van der Waals surface area contributed by atoms with E-state index in [9.17, 15) is 9.18 Å². The Morgan fingerprint density at radius 3 is 2.80 bits per heavy atom. The molecular weight excluding hydrogens is 224 g/mol. The molecule has 0 aliphatic rings. The number of nitrogens with one attached hydrogen (secondary N) is 1. The minimum atomic E-state index is -0.954. The van der Waals surface area contributed by atoms with Crippen LogP contribution in [-0.2, 0) is 0 Å². The Kier molecular flexibility index (Phi) is 2.11. The summed E-state index contributed by atoms with van der Waals surface area (Å²) in [6.45, 7) is 0. The van der Waals surface area contributed by atoms with Crippen LogP contribution in [0.15, 0.2) is 15.5 Å². The van der Waals surface area contributed by atoms with E-state index < -0.39 is 11.2 Å². The van der Waals surface area contributed by atoms with Gasteiger partial charge in [0.25, 0.3) is 0 Å². The molecule has 0 aliphatic heterocycles. The van der Waals surface area contributed by atoms with Crippen LogP contribution < -0.4 is 5.43 Å². The van der Waals surface area contributed by atoms with Crippen molar-refractivity contribution < 1.29 is 4.39 Å². The molecule has 10 heavy (non-hydrogen) atoms. The van der Waals surface area contributed by atoms with Crippen LogP contribution >= 0.6 is 27.5 Å². The van der Waals surface area contributed by atoms with Crippen molar-refractivity contribution in [3.05, 3.63) is 31.9 Å². The van der Waals surface area contributed by atoms with Crippen molar-refractivity contribution in [1.82, 2.24) is 4.98 Å². The summed E-state index contributed by atoms with van der Waals surface area (Å²) in [5, 5.41) is -0.278. The second kappa shape index (κ2) is 2.72. The van der Waals surface area contributed by atoms with Crippen molar-refractivity contribution in [2.75, 3.05) is 0 Å². The first-order valence-corrected chi connectivity index (χ1v) is 3.52. The summed E-state index contributed by atoms with van der Waals surface area (Å²) in [4.78, 5) is 12.9. The minimum absolute atomic E-state index is 0.278. The van der Waals surface area contributed by atoms with E-state index in [4.69, 9.17) is 11.6 Å². The summed E-state index contributed by atoms with van der Waals surface area (Å²) in [5.74, 6) is -0.954. The maximum atomic E-state index is 12.4. The number of hydrogen-bond acceptors (Lipinski definition) is 1. The van der Waals surface area contributed by atoms with E-state index in [1.807, 2.05) is 0 Å². The Balaban J connectivity index is 3.46. The number of rotatable bonds is 0. The lowest BCUT2D eigenvalue weighted by Gasteiger charge is -1.92. The fraction of sp³-hybridized carbons (Fsp3) is 0. The number of aromatic nitrogens is 1. The summed E-state index contributed by atoms with van der Waals surface area (Å²) < 4.78 is 12.8. The SMILES string of the molecule is O=c1cc(Br)[nH]c(Cl)c1F. The summed E-state index contributed by atoms with van der Waals surface area (Å²) in [6.07, 6.45) is 0. The highest BCUT2D eigenvalue weighted by molar-refractivity contribution is 9.10. The van der Waals surface area contributed by atoms with Crippen molar-refractivity contribution in [3.63, 3.8) is 0 Å². The van der Waals surface area contributed by atoms with Crippen LogP contribution in [0, 0.1) is 5.82 Å². The van der Waals surface area contributed by atoms with Crippen molar-refractivity contribution in [2.45, 2.75) is 0 Å². The van der Waals surface area contributed by atoms with Gasteiger partial charge in [-0.2, -0.15) is 4.39 Å². The van der Waals surface area contributed by atoms with Crippen molar-refractivity contribution in [3.8, 4) is 0 Å². The normalized spacial score (nSPS) is 9.90.